The van der Waals surface area contributed by atoms with Gasteiger partial charge in [0.25, 0.3) is 0 Å². The smallest absolute Gasteiger partial charge is 0.480 e. The number of amides is 1. The van der Waals surface area contributed by atoms with Crippen molar-refractivity contribution in [2.75, 3.05) is 12.0 Å². The number of halogens is 3. The highest BCUT2D eigenvalue weighted by atomic mass is 32.2. The van der Waals surface area contributed by atoms with Crippen LogP contribution in [0, 0.1) is 0 Å². The molecule has 1 amide bonds. The number of nitrogens with one attached hydrogen (secondary N) is 1. The van der Waals surface area contributed by atoms with Crippen LogP contribution in [0.25, 0.3) is 10.6 Å². The number of ether oxygens (including phenoxy) is 1. The minimum Gasteiger partial charge on any atom is -0.480 e. The number of alkyl halides is 3. The Balaban J connectivity index is 1.98. The molecule has 2 N–H and O–H groups in total. The Labute approximate surface area is 167 Å². The van der Waals surface area contributed by atoms with Crippen LogP contribution >= 0.6 is 23.1 Å². The molecule has 0 bridgehead atoms. The molecule has 0 saturated heterocycles. The summed E-state index contributed by atoms with van der Waals surface area (Å²) in [4.78, 5) is 27.5. The fourth-order valence-electron chi connectivity index (χ4n) is 2.22. The number of carbonyl (C=O) groups is 2. The predicted octanol–water partition coefficient (Wildman–Crippen LogP) is 3.57. The van der Waals surface area contributed by atoms with Gasteiger partial charge in [0.1, 0.15) is 16.8 Å². The van der Waals surface area contributed by atoms with Gasteiger partial charge in [-0.15, -0.1) is 24.5 Å². The first-order valence-electron chi connectivity index (χ1n) is 7.99. The number of thioether (sulfide) groups is 1. The van der Waals surface area contributed by atoms with Gasteiger partial charge in [0.15, 0.2) is 0 Å². The molecule has 1 aromatic heterocycles. The van der Waals surface area contributed by atoms with E-state index in [2.05, 4.69) is 15.0 Å². The Bertz CT molecular complexity index is 809. The number of hydrogen-bond acceptors (Lipinski definition) is 6. The van der Waals surface area contributed by atoms with E-state index in [-0.39, 0.29) is 12.2 Å². The number of rotatable bonds is 9. The van der Waals surface area contributed by atoms with Gasteiger partial charge >= 0.3 is 12.3 Å². The Morgan fingerprint density at radius 2 is 2.00 bits per heavy atom. The molecule has 11 heteroatoms. The second kappa shape index (κ2) is 9.78. The molecule has 1 heterocycles. The molecule has 0 aliphatic carbocycles. The van der Waals surface area contributed by atoms with Crippen LogP contribution in [-0.4, -0.2) is 46.4 Å². The molecule has 0 fully saturated rings. The maximum absolute atomic E-state index is 12.2. The second-order valence-electron chi connectivity index (χ2n) is 5.63. The van der Waals surface area contributed by atoms with E-state index in [0.29, 0.717) is 28.4 Å². The standard InChI is InChI=1S/C17H17F3N2O4S2/c1-27-7-6-13(16(24)25)22-14(23)8-11-9-28-15(21-11)10-2-4-12(5-3-10)26-17(18,19)20/h2-5,9,13H,6-8H2,1H3,(H,22,23)(H,24,25). The molecular formula is C17H17F3N2O4S2. The molecular weight excluding hydrogens is 417 g/mol. The Morgan fingerprint density at radius 3 is 2.57 bits per heavy atom. The minimum absolute atomic E-state index is 0.0885. The van der Waals surface area contributed by atoms with Crippen LogP contribution in [0.2, 0.25) is 0 Å². The van der Waals surface area contributed by atoms with Crippen LogP contribution in [0.1, 0.15) is 12.1 Å². The van der Waals surface area contributed by atoms with Crippen molar-refractivity contribution in [3.05, 3.63) is 35.3 Å². The zero-order valence-electron chi connectivity index (χ0n) is 14.7. The SMILES string of the molecule is CSCCC(NC(=O)Cc1csc(-c2ccc(OC(F)(F)F)cc2)n1)C(=O)O. The molecule has 0 aliphatic rings. The van der Waals surface area contributed by atoms with E-state index in [1.165, 1.54) is 47.4 Å². The third kappa shape index (κ3) is 7.04. The first-order valence-corrected chi connectivity index (χ1v) is 10.3. The molecule has 0 saturated carbocycles. The molecule has 0 radical (unpaired) electrons. The van der Waals surface area contributed by atoms with Crippen LogP contribution in [0.15, 0.2) is 29.6 Å². The van der Waals surface area contributed by atoms with Crippen molar-refractivity contribution in [1.29, 1.82) is 0 Å². The summed E-state index contributed by atoms with van der Waals surface area (Å²) in [5.74, 6) is -1.29. The van der Waals surface area contributed by atoms with Gasteiger partial charge < -0.3 is 15.2 Å². The number of thiazole rings is 1. The molecule has 6 nitrogen and oxygen atoms in total. The largest absolute Gasteiger partial charge is 0.573 e. The summed E-state index contributed by atoms with van der Waals surface area (Å²) in [6.45, 7) is 0. The summed E-state index contributed by atoms with van der Waals surface area (Å²) in [5, 5.41) is 13.8. The highest BCUT2D eigenvalue weighted by Crippen LogP contribution is 2.28. The van der Waals surface area contributed by atoms with Crippen molar-refractivity contribution in [2.24, 2.45) is 0 Å². The fraction of sp³-hybridized carbons (Fsp3) is 0.353. The van der Waals surface area contributed by atoms with Gasteiger partial charge in [-0.1, -0.05) is 0 Å². The predicted molar refractivity (Wildman–Crippen MR) is 101 cm³/mol. The fourth-order valence-corrected chi connectivity index (χ4v) is 3.52. The number of carbonyl (C=O) groups excluding carboxylic acids is 1. The Morgan fingerprint density at radius 1 is 1.32 bits per heavy atom. The van der Waals surface area contributed by atoms with Crippen molar-refractivity contribution in [2.45, 2.75) is 25.2 Å². The third-order valence-corrected chi connectivity index (χ3v) is 5.06. The molecule has 0 spiro atoms. The Kier molecular flexibility index (Phi) is 7.69. The van der Waals surface area contributed by atoms with Crippen molar-refractivity contribution in [3.63, 3.8) is 0 Å². The summed E-state index contributed by atoms with van der Waals surface area (Å²) in [5.41, 5.74) is 1.02. The van der Waals surface area contributed by atoms with E-state index in [4.69, 9.17) is 5.11 Å². The molecule has 2 aromatic rings. The summed E-state index contributed by atoms with van der Waals surface area (Å²) in [6, 6.07) is 4.28. The molecule has 1 aromatic carbocycles. The molecule has 0 aliphatic heterocycles. The average Bonchev–Trinajstić information content (AvgIpc) is 3.06. The lowest BCUT2D eigenvalue weighted by molar-refractivity contribution is -0.274. The first-order chi connectivity index (χ1) is 13.2. The van der Waals surface area contributed by atoms with E-state index in [0.717, 1.165) is 0 Å². The molecule has 1 unspecified atom stereocenters. The minimum atomic E-state index is -4.76. The van der Waals surface area contributed by atoms with Crippen molar-refractivity contribution < 1.29 is 32.6 Å². The van der Waals surface area contributed by atoms with E-state index < -0.39 is 24.3 Å². The third-order valence-electron chi connectivity index (χ3n) is 3.47. The molecule has 28 heavy (non-hydrogen) atoms. The van der Waals surface area contributed by atoms with Crippen LogP contribution in [0.3, 0.4) is 0 Å². The van der Waals surface area contributed by atoms with Gasteiger partial charge in [0.05, 0.1) is 12.1 Å². The summed E-state index contributed by atoms with van der Waals surface area (Å²) in [7, 11) is 0. The normalized spacial score (nSPS) is 12.4. The van der Waals surface area contributed by atoms with E-state index >= 15 is 0 Å². The van der Waals surface area contributed by atoms with E-state index in [1.54, 1.807) is 5.38 Å². The average molecular weight is 434 g/mol. The lowest BCUT2D eigenvalue weighted by Gasteiger charge is -2.13. The maximum Gasteiger partial charge on any atom is 0.573 e. The number of carboxylic acid groups (broad SMARTS) is 1. The molecule has 1 atom stereocenters. The van der Waals surface area contributed by atoms with Crippen LogP contribution in [-0.2, 0) is 16.0 Å². The monoisotopic (exact) mass is 434 g/mol. The quantitative estimate of drug-likeness (QED) is 0.627. The summed E-state index contributed by atoms with van der Waals surface area (Å²) in [6.07, 6.45) is -2.68. The van der Waals surface area contributed by atoms with Gasteiger partial charge in [0.2, 0.25) is 5.91 Å². The zero-order chi connectivity index (χ0) is 20.7. The molecule has 152 valence electrons. The second-order valence-corrected chi connectivity index (χ2v) is 7.48. The number of nitrogens with zero attached hydrogens (tertiary/aromatic N) is 1. The topological polar surface area (TPSA) is 88.5 Å². The van der Waals surface area contributed by atoms with Crippen molar-refractivity contribution >= 4 is 35.0 Å². The van der Waals surface area contributed by atoms with Gasteiger partial charge in [-0.2, -0.15) is 11.8 Å². The van der Waals surface area contributed by atoms with Gasteiger partial charge in [-0.3, -0.25) is 4.79 Å². The van der Waals surface area contributed by atoms with Crippen molar-refractivity contribution in [1.82, 2.24) is 10.3 Å². The van der Waals surface area contributed by atoms with Crippen LogP contribution < -0.4 is 10.1 Å². The summed E-state index contributed by atoms with van der Waals surface area (Å²) >= 11 is 2.72. The number of hydrogen-bond donors (Lipinski definition) is 2. The number of benzene rings is 1. The number of aromatic nitrogens is 1. The highest BCUT2D eigenvalue weighted by Gasteiger charge is 2.31. The Hall–Kier alpha value is -2.27. The first kappa shape index (κ1) is 22.0. The van der Waals surface area contributed by atoms with Gasteiger partial charge in [0, 0.05) is 10.9 Å². The lowest BCUT2D eigenvalue weighted by atomic mass is 10.2. The molecule has 2 rings (SSSR count). The summed E-state index contributed by atoms with van der Waals surface area (Å²) < 4.78 is 40.4. The van der Waals surface area contributed by atoms with Crippen molar-refractivity contribution in [3.8, 4) is 16.3 Å². The van der Waals surface area contributed by atoms with Gasteiger partial charge in [-0.25, -0.2) is 9.78 Å². The number of carboxylic acids is 1. The van der Waals surface area contributed by atoms with Crippen LogP contribution in [0.5, 0.6) is 5.75 Å². The van der Waals surface area contributed by atoms with E-state index in [1.807, 2.05) is 6.26 Å². The van der Waals surface area contributed by atoms with Crippen LogP contribution in [0.4, 0.5) is 13.2 Å². The number of aliphatic carboxylic acids is 1. The maximum atomic E-state index is 12.2. The zero-order valence-corrected chi connectivity index (χ0v) is 16.3. The highest BCUT2D eigenvalue weighted by molar-refractivity contribution is 7.98. The lowest BCUT2D eigenvalue weighted by Crippen LogP contribution is -2.41. The van der Waals surface area contributed by atoms with Gasteiger partial charge in [-0.05, 0) is 42.7 Å². The van der Waals surface area contributed by atoms with E-state index in [9.17, 15) is 22.8 Å².